The smallest absolute Gasteiger partial charge is 0.243 e. The molecule has 1 amide bonds. The lowest BCUT2D eigenvalue weighted by molar-refractivity contribution is -0.120. The number of benzene rings is 2. The molecule has 1 aliphatic heterocycles. The summed E-state index contributed by atoms with van der Waals surface area (Å²) in [6, 6.07) is 12.1. The van der Waals surface area contributed by atoms with Crippen molar-refractivity contribution in [2.75, 3.05) is 18.4 Å². The van der Waals surface area contributed by atoms with Crippen LogP contribution in [0.4, 0.5) is 10.2 Å². The van der Waals surface area contributed by atoms with E-state index in [1.807, 2.05) is 0 Å². The molecule has 1 N–H and O–H groups in total. The Morgan fingerprint density at radius 3 is 2.48 bits per heavy atom. The van der Waals surface area contributed by atoms with Crippen molar-refractivity contribution in [3.05, 3.63) is 76.2 Å². The van der Waals surface area contributed by atoms with Crippen molar-refractivity contribution in [2.45, 2.75) is 24.3 Å². The number of halogens is 3. The van der Waals surface area contributed by atoms with Gasteiger partial charge in [0.25, 0.3) is 0 Å². The number of piperidine rings is 1. The van der Waals surface area contributed by atoms with Gasteiger partial charge in [0.1, 0.15) is 10.8 Å². The van der Waals surface area contributed by atoms with Gasteiger partial charge in [-0.05, 0) is 54.8 Å². The van der Waals surface area contributed by atoms with Crippen LogP contribution >= 0.6 is 23.2 Å². The minimum atomic E-state index is -3.64. The highest BCUT2D eigenvalue weighted by Crippen LogP contribution is 2.27. The number of hydrogen-bond donors (Lipinski definition) is 1. The minimum absolute atomic E-state index is 0.172. The van der Waals surface area contributed by atoms with E-state index in [0.29, 0.717) is 30.0 Å². The summed E-state index contributed by atoms with van der Waals surface area (Å²) < 4.78 is 41.9. The van der Waals surface area contributed by atoms with Gasteiger partial charge in [0.2, 0.25) is 15.9 Å². The molecule has 11 heteroatoms. The van der Waals surface area contributed by atoms with Gasteiger partial charge in [0.15, 0.2) is 5.82 Å². The number of rotatable bonds is 6. The maximum absolute atomic E-state index is 13.4. The van der Waals surface area contributed by atoms with E-state index in [1.165, 1.54) is 45.4 Å². The monoisotopic (exact) mass is 510 g/mol. The number of sulfonamides is 1. The molecule has 0 bridgehead atoms. The molecule has 0 atom stereocenters. The van der Waals surface area contributed by atoms with Crippen molar-refractivity contribution >= 4 is 45.0 Å². The molecule has 2 heterocycles. The molecule has 3 aromatic rings. The van der Waals surface area contributed by atoms with Gasteiger partial charge in [0.05, 0.1) is 11.4 Å². The SMILES string of the molecule is O=C(Nc1nn(Cc2cccc(F)c2)cc1Cl)C1CCN(S(=O)(=O)c2ccc(Cl)cc2)CC1. The van der Waals surface area contributed by atoms with Crippen LogP contribution in [0.3, 0.4) is 0 Å². The quantitative estimate of drug-likeness (QED) is 0.531. The highest BCUT2D eigenvalue weighted by molar-refractivity contribution is 7.89. The van der Waals surface area contributed by atoms with Crippen LogP contribution in [0.5, 0.6) is 0 Å². The zero-order valence-corrected chi connectivity index (χ0v) is 19.7. The summed E-state index contributed by atoms with van der Waals surface area (Å²) >= 11 is 12.1. The highest BCUT2D eigenvalue weighted by atomic mass is 35.5. The molecular weight excluding hydrogens is 490 g/mol. The summed E-state index contributed by atoms with van der Waals surface area (Å²) in [5, 5.41) is 7.74. The van der Waals surface area contributed by atoms with Crippen molar-refractivity contribution in [1.29, 1.82) is 0 Å². The first-order valence-corrected chi connectivity index (χ1v) is 12.5. The number of amides is 1. The Morgan fingerprint density at radius 2 is 1.82 bits per heavy atom. The first-order valence-electron chi connectivity index (χ1n) is 10.3. The normalized spacial score (nSPS) is 15.5. The third-order valence-electron chi connectivity index (χ3n) is 5.47. The topological polar surface area (TPSA) is 84.3 Å². The lowest BCUT2D eigenvalue weighted by atomic mass is 9.97. The lowest BCUT2D eigenvalue weighted by Gasteiger charge is -2.30. The van der Waals surface area contributed by atoms with E-state index in [-0.39, 0.29) is 46.5 Å². The minimum Gasteiger partial charge on any atom is -0.308 e. The Balaban J connectivity index is 1.36. The molecule has 0 unspecified atom stereocenters. The second-order valence-electron chi connectivity index (χ2n) is 7.77. The van der Waals surface area contributed by atoms with E-state index in [2.05, 4.69) is 10.4 Å². The van der Waals surface area contributed by atoms with Gasteiger partial charge in [-0.3, -0.25) is 9.48 Å². The Hall–Kier alpha value is -2.46. The fourth-order valence-electron chi connectivity index (χ4n) is 3.72. The van der Waals surface area contributed by atoms with Crippen molar-refractivity contribution < 1.29 is 17.6 Å². The van der Waals surface area contributed by atoms with Crippen LogP contribution in [0.2, 0.25) is 10.0 Å². The van der Waals surface area contributed by atoms with Crippen LogP contribution in [0, 0.1) is 11.7 Å². The Labute approximate surface area is 201 Å². The van der Waals surface area contributed by atoms with Crippen LogP contribution < -0.4 is 5.32 Å². The number of nitrogens with zero attached hydrogens (tertiary/aromatic N) is 3. The van der Waals surface area contributed by atoms with Crippen molar-refractivity contribution in [3.63, 3.8) is 0 Å². The summed E-state index contributed by atoms with van der Waals surface area (Å²) in [5.41, 5.74) is 0.710. The summed E-state index contributed by atoms with van der Waals surface area (Å²) in [6.45, 7) is 0.754. The largest absolute Gasteiger partial charge is 0.308 e. The number of carbonyl (C=O) groups is 1. The molecule has 1 saturated heterocycles. The van der Waals surface area contributed by atoms with Gasteiger partial charge in [-0.15, -0.1) is 0 Å². The standard InChI is InChI=1S/C22H21Cl2FN4O3S/c23-17-4-6-19(7-5-17)33(31,32)29-10-8-16(9-11-29)22(30)26-21-20(24)14-28(27-21)13-15-2-1-3-18(25)12-15/h1-7,12,14,16H,8-11,13H2,(H,26,27,30). The third kappa shape index (κ3) is 5.55. The second-order valence-corrected chi connectivity index (χ2v) is 10.6. The van der Waals surface area contributed by atoms with Crippen LogP contribution in [0.25, 0.3) is 0 Å². The fourth-order valence-corrected chi connectivity index (χ4v) is 5.51. The summed E-state index contributed by atoms with van der Waals surface area (Å²) in [5.74, 6) is -0.763. The number of nitrogens with one attached hydrogen (secondary N) is 1. The molecule has 1 fully saturated rings. The molecule has 4 rings (SSSR count). The second kappa shape index (κ2) is 9.80. The molecule has 1 aromatic heterocycles. The molecule has 0 radical (unpaired) electrons. The van der Waals surface area contributed by atoms with Gasteiger partial charge in [-0.2, -0.15) is 9.40 Å². The molecule has 33 heavy (non-hydrogen) atoms. The van der Waals surface area contributed by atoms with Crippen molar-refractivity contribution in [2.24, 2.45) is 5.92 Å². The maximum atomic E-state index is 13.4. The predicted molar refractivity (Wildman–Crippen MR) is 124 cm³/mol. The summed E-state index contributed by atoms with van der Waals surface area (Å²) in [4.78, 5) is 12.9. The predicted octanol–water partition coefficient (Wildman–Crippen LogP) is 4.42. The molecule has 0 aliphatic carbocycles. The molecule has 174 valence electrons. The molecule has 2 aromatic carbocycles. The highest BCUT2D eigenvalue weighted by Gasteiger charge is 2.32. The van der Waals surface area contributed by atoms with E-state index in [4.69, 9.17) is 23.2 Å². The van der Waals surface area contributed by atoms with Gasteiger partial charge >= 0.3 is 0 Å². The van der Waals surface area contributed by atoms with Crippen LogP contribution in [-0.4, -0.2) is 41.5 Å². The zero-order chi connectivity index (χ0) is 23.6. The molecule has 1 aliphatic rings. The first kappa shape index (κ1) is 23.7. The molecule has 0 saturated carbocycles. The van der Waals surface area contributed by atoms with Crippen LogP contribution in [0.15, 0.2) is 59.6 Å². The van der Waals surface area contributed by atoms with Gasteiger partial charge in [-0.25, -0.2) is 12.8 Å². The van der Waals surface area contributed by atoms with E-state index in [1.54, 1.807) is 18.3 Å². The number of aromatic nitrogens is 2. The Morgan fingerprint density at radius 1 is 1.12 bits per heavy atom. The van der Waals surface area contributed by atoms with Crippen molar-refractivity contribution in [1.82, 2.24) is 14.1 Å². The molecular formula is C22H21Cl2FN4O3S. The first-order chi connectivity index (χ1) is 15.7. The third-order valence-corrected chi connectivity index (χ3v) is 7.91. The lowest BCUT2D eigenvalue weighted by Crippen LogP contribution is -2.41. The summed E-state index contributed by atoms with van der Waals surface area (Å²) in [7, 11) is -3.64. The number of hydrogen-bond acceptors (Lipinski definition) is 4. The van der Waals surface area contributed by atoms with Crippen molar-refractivity contribution in [3.8, 4) is 0 Å². The average Bonchev–Trinajstić information content (AvgIpc) is 3.12. The Bertz CT molecular complexity index is 1260. The van der Waals surface area contributed by atoms with Gasteiger partial charge in [0, 0.05) is 30.2 Å². The number of anilines is 1. The fraction of sp³-hybridized carbons (Fsp3) is 0.273. The van der Waals surface area contributed by atoms with E-state index in [9.17, 15) is 17.6 Å². The van der Waals surface area contributed by atoms with Crippen LogP contribution in [-0.2, 0) is 21.4 Å². The van der Waals surface area contributed by atoms with E-state index >= 15 is 0 Å². The van der Waals surface area contributed by atoms with E-state index < -0.39 is 10.0 Å². The zero-order valence-electron chi connectivity index (χ0n) is 17.4. The van der Waals surface area contributed by atoms with Crippen LogP contribution in [0.1, 0.15) is 18.4 Å². The maximum Gasteiger partial charge on any atom is 0.243 e. The van der Waals surface area contributed by atoms with E-state index in [0.717, 1.165) is 0 Å². The Kier molecular flexibility index (Phi) is 7.04. The summed E-state index contributed by atoms with van der Waals surface area (Å²) in [6.07, 6.45) is 2.31. The average molecular weight is 511 g/mol. The molecule has 7 nitrogen and oxygen atoms in total. The van der Waals surface area contributed by atoms with Gasteiger partial charge < -0.3 is 5.32 Å². The number of carbonyl (C=O) groups excluding carboxylic acids is 1. The molecule has 0 spiro atoms. The van der Waals surface area contributed by atoms with Gasteiger partial charge in [-0.1, -0.05) is 35.3 Å².